The first-order valence-corrected chi connectivity index (χ1v) is 11.6. The van der Waals surface area contributed by atoms with Gasteiger partial charge in [0.15, 0.2) is 0 Å². The molecule has 4 rings (SSSR count). The highest BCUT2D eigenvalue weighted by molar-refractivity contribution is 5.99. The Morgan fingerprint density at radius 1 is 0.914 bits per heavy atom. The molecule has 2 amide bonds. The lowest BCUT2D eigenvalue weighted by molar-refractivity contribution is -0.134. The monoisotopic (exact) mass is 477 g/mol. The first-order valence-electron chi connectivity index (χ1n) is 11.6. The fourth-order valence-corrected chi connectivity index (χ4v) is 4.57. The predicted molar refractivity (Wildman–Crippen MR) is 132 cm³/mol. The van der Waals surface area contributed by atoms with Crippen LogP contribution < -0.4 is 9.47 Å². The summed E-state index contributed by atoms with van der Waals surface area (Å²) in [6, 6.07) is 18.5. The van der Waals surface area contributed by atoms with Crippen molar-refractivity contribution in [2.75, 3.05) is 47.6 Å². The van der Waals surface area contributed by atoms with Crippen LogP contribution in [0.1, 0.15) is 27.7 Å². The third-order valence-corrected chi connectivity index (χ3v) is 6.31. The number of rotatable bonds is 9. The number of hydrogen-bond donors (Lipinski definition) is 0. The van der Waals surface area contributed by atoms with E-state index in [2.05, 4.69) is 4.57 Å². The molecule has 184 valence electrons. The van der Waals surface area contributed by atoms with E-state index in [1.807, 2.05) is 47.5 Å². The van der Waals surface area contributed by atoms with Gasteiger partial charge in [-0.3, -0.25) is 9.59 Å². The van der Waals surface area contributed by atoms with Gasteiger partial charge in [0.2, 0.25) is 5.91 Å². The Hall–Kier alpha value is -3.78. The lowest BCUT2D eigenvalue weighted by Crippen LogP contribution is -2.48. The first-order chi connectivity index (χ1) is 17.1. The van der Waals surface area contributed by atoms with Crippen LogP contribution >= 0.6 is 0 Å². The van der Waals surface area contributed by atoms with E-state index in [0.717, 1.165) is 11.3 Å². The Kier molecular flexibility index (Phi) is 7.72. The maximum atomic E-state index is 13.8. The molecule has 0 fully saturated rings. The average molecular weight is 478 g/mol. The summed E-state index contributed by atoms with van der Waals surface area (Å²) in [6.07, 6.45) is 2.02. The molecular formula is C27H31N3O5. The van der Waals surface area contributed by atoms with Crippen LogP contribution in [0.15, 0.2) is 66.9 Å². The van der Waals surface area contributed by atoms with Gasteiger partial charge in [0.25, 0.3) is 5.91 Å². The molecule has 0 spiro atoms. The molecule has 2 heterocycles. The normalized spacial score (nSPS) is 14.8. The smallest absolute Gasteiger partial charge is 0.258 e. The van der Waals surface area contributed by atoms with Crippen molar-refractivity contribution < 1.29 is 23.8 Å². The van der Waals surface area contributed by atoms with Crippen molar-refractivity contribution in [1.29, 1.82) is 0 Å². The van der Waals surface area contributed by atoms with Gasteiger partial charge in [0.05, 0.1) is 26.4 Å². The molecule has 1 atom stereocenters. The van der Waals surface area contributed by atoms with E-state index in [1.165, 1.54) is 12.0 Å². The van der Waals surface area contributed by atoms with E-state index in [9.17, 15) is 9.59 Å². The quantitative estimate of drug-likeness (QED) is 0.473. The number of aromatic nitrogens is 1. The zero-order valence-corrected chi connectivity index (χ0v) is 20.3. The number of hydrogen-bond acceptors (Lipinski definition) is 5. The minimum Gasteiger partial charge on any atom is -0.496 e. The standard InChI is InChI=1S/C27H31N3O5/c1-33-18-17-29(27(32)21-10-5-7-13-24(21)35-3)19-25(31)30-16-15-28-14-8-11-22(28)26(30)20-9-4-6-12-23(20)34-2/h4-14,26H,15-19H2,1-3H3. The van der Waals surface area contributed by atoms with Gasteiger partial charge in [-0.25, -0.2) is 0 Å². The number of methoxy groups -OCH3 is 3. The van der Waals surface area contributed by atoms with Gasteiger partial charge < -0.3 is 28.6 Å². The second kappa shape index (κ2) is 11.1. The Morgan fingerprint density at radius 2 is 1.63 bits per heavy atom. The summed E-state index contributed by atoms with van der Waals surface area (Å²) in [4.78, 5) is 30.6. The van der Waals surface area contributed by atoms with E-state index >= 15 is 0 Å². The Bertz CT molecular complexity index is 1170. The van der Waals surface area contributed by atoms with Crippen molar-refractivity contribution in [3.8, 4) is 11.5 Å². The van der Waals surface area contributed by atoms with E-state index in [4.69, 9.17) is 14.2 Å². The molecule has 0 N–H and O–H groups in total. The van der Waals surface area contributed by atoms with E-state index < -0.39 is 0 Å². The van der Waals surface area contributed by atoms with Crippen molar-refractivity contribution in [1.82, 2.24) is 14.4 Å². The molecule has 3 aromatic rings. The number of ether oxygens (including phenoxy) is 3. The lowest BCUT2D eigenvalue weighted by Gasteiger charge is -2.39. The minimum absolute atomic E-state index is 0.0768. The molecule has 0 bridgehead atoms. The van der Waals surface area contributed by atoms with Crippen molar-refractivity contribution >= 4 is 11.8 Å². The molecular weight excluding hydrogens is 446 g/mol. The van der Waals surface area contributed by atoms with Crippen LogP contribution in [0.3, 0.4) is 0 Å². The molecule has 0 radical (unpaired) electrons. The second-order valence-electron chi connectivity index (χ2n) is 8.28. The summed E-state index contributed by atoms with van der Waals surface area (Å²) in [5.41, 5.74) is 2.32. The largest absolute Gasteiger partial charge is 0.496 e. The van der Waals surface area contributed by atoms with E-state index in [1.54, 1.807) is 38.5 Å². The molecule has 1 aliphatic rings. The van der Waals surface area contributed by atoms with Gasteiger partial charge in [0, 0.05) is 44.2 Å². The summed E-state index contributed by atoms with van der Waals surface area (Å²) in [6.45, 7) is 1.71. The summed E-state index contributed by atoms with van der Waals surface area (Å²) in [5, 5.41) is 0. The Balaban J connectivity index is 1.65. The Morgan fingerprint density at radius 3 is 2.37 bits per heavy atom. The number of fused-ring (bicyclic) bond motifs is 1. The summed E-state index contributed by atoms with van der Waals surface area (Å²) in [7, 11) is 4.73. The summed E-state index contributed by atoms with van der Waals surface area (Å²) in [5.74, 6) is 0.760. The van der Waals surface area contributed by atoms with Crippen molar-refractivity contribution in [2.45, 2.75) is 12.6 Å². The van der Waals surface area contributed by atoms with Crippen LogP contribution in [0, 0.1) is 0 Å². The van der Waals surface area contributed by atoms with E-state index in [-0.39, 0.29) is 30.9 Å². The topological polar surface area (TPSA) is 73.2 Å². The molecule has 1 aliphatic heterocycles. The van der Waals surface area contributed by atoms with Crippen LogP contribution in [0.25, 0.3) is 0 Å². The molecule has 8 nitrogen and oxygen atoms in total. The van der Waals surface area contributed by atoms with Gasteiger partial charge in [-0.05, 0) is 30.3 Å². The number of para-hydroxylation sites is 2. The fraction of sp³-hybridized carbons (Fsp3) is 0.333. The number of nitrogens with zero attached hydrogens (tertiary/aromatic N) is 3. The molecule has 0 saturated heterocycles. The Labute approximate surface area is 205 Å². The van der Waals surface area contributed by atoms with Crippen LogP contribution in [-0.2, 0) is 16.1 Å². The van der Waals surface area contributed by atoms with Crippen molar-refractivity contribution in [3.63, 3.8) is 0 Å². The maximum absolute atomic E-state index is 13.8. The molecule has 8 heteroatoms. The third kappa shape index (κ3) is 5.02. The molecule has 0 saturated carbocycles. The van der Waals surface area contributed by atoms with Crippen LogP contribution in [0.4, 0.5) is 0 Å². The minimum atomic E-state index is -0.326. The number of amides is 2. The first kappa shape index (κ1) is 24.3. The van der Waals surface area contributed by atoms with E-state index in [0.29, 0.717) is 36.8 Å². The van der Waals surface area contributed by atoms with Crippen LogP contribution in [0.5, 0.6) is 11.5 Å². The van der Waals surface area contributed by atoms with Crippen molar-refractivity contribution in [3.05, 3.63) is 83.7 Å². The fourth-order valence-electron chi connectivity index (χ4n) is 4.57. The van der Waals surface area contributed by atoms with Crippen molar-refractivity contribution in [2.24, 2.45) is 0 Å². The highest BCUT2D eigenvalue weighted by Gasteiger charge is 2.35. The molecule has 35 heavy (non-hydrogen) atoms. The summed E-state index contributed by atoms with van der Waals surface area (Å²) < 4.78 is 18.4. The molecule has 2 aromatic carbocycles. The highest BCUT2D eigenvalue weighted by atomic mass is 16.5. The molecule has 0 aliphatic carbocycles. The second-order valence-corrected chi connectivity index (χ2v) is 8.28. The molecule has 1 aromatic heterocycles. The highest BCUT2D eigenvalue weighted by Crippen LogP contribution is 2.37. The number of benzene rings is 2. The number of carbonyl (C=O) groups excluding carboxylic acids is 2. The van der Waals surface area contributed by atoms with Gasteiger partial charge >= 0.3 is 0 Å². The molecule has 1 unspecified atom stereocenters. The zero-order valence-electron chi connectivity index (χ0n) is 20.3. The van der Waals surface area contributed by atoms with Gasteiger partial charge in [0.1, 0.15) is 24.1 Å². The van der Waals surface area contributed by atoms with Gasteiger partial charge in [-0.2, -0.15) is 0 Å². The van der Waals surface area contributed by atoms with Crippen LogP contribution in [0.2, 0.25) is 0 Å². The van der Waals surface area contributed by atoms with Crippen LogP contribution in [-0.4, -0.2) is 73.8 Å². The zero-order chi connectivity index (χ0) is 24.8. The predicted octanol–water partition coefficient (Wildman–Crippen LogP) is 3.23. The summed E-state index contributed by atoms with van der Waals surface area (Å²) >= 11 is 0. The van der Waals surface area contributed by atoms with Gasteiger partial charge in [-0.1, -0.05) is 30.3 Å². The van der Waals surface area contributed by atoms with Gasteiger partial charge in [-0.15, -0.1) is 0 Å². The SMILES string of the molecule is COCCN(CC(=O)N1CCn2cccc2C1c1ccccc1OC)C(=O)c1ccccc1OC. The third-order valence-electron chi connectivity index (χ3n) is 6.31. The lowest BCUT2D eigenvalue weighted by atomic mass is 9.98. The average Bonchev–Trinajstić information content (AvgIpc) is 3.39. The number of carbonyl (C=O) groups is 2. The maximum Gasteiger partial charge on any atom is 0.258 e.